The zero-order valence-corrected chi connectivity index (χ0v) is 18.0. The van der Waals surface area contributed by atoms with Crippen LogP contribution in [0.5, 0.6) is 0 Å². The first-order valence-corrected chi connectivity index (χ1v) is 12.9. The number of rotatable bonds is 8. The van der Waals surface area contributed by atoms with Crippen LogP contribution in [0, 0.1) is 0 Å². The molecule has 15 heavy (non-hydrogen) atoms. The van der Waals surface area contributed by atoms with E-state index in [9.17, 15) is 14.3 Å². The number of hydrogen-bond donors (Lipinski definition) is 0. The molecule has 0 radical (unpaired) electrons. The number of halogens is 10. The molecule has 0 aromatic carbocycles. The summed E-state index contributed by atoms with van der Waals surface area (Å²) in [7, 11) is 0. The molecule has 0 aliphatic heterocycles. The van der Waals surface area contributed by atoms with E-state index in [1.165, 1.54) is 0 Å². The summed E-state index contributed by atoms with van der Waals surface area (Å²) >= 11 is -11.0. The molecule has 102 valence electrons. The van der Waals surface area contributed by atoms with Crippen LogP contribution < -0.4 is 109 Å². The molecule has 0 nitrogen and oxygen atoms in total. The molecule has 0 N–H and O–H groups in total. The van der Waals surface area contributed by atoms with Crippen molar-refractivity contribution in [3.05, 3.63) is 0 Å². The Balaban J connectivity index is 5.13. The molecule has 0 spiro atoms. The second-order valence-corrected chi connectivity index (χ2v) is 21.1. The van der Waals surface area contributed by atoms with Crippen molar-refractivity contribution >= 4 is 0 Å². The van der Waals surface area contributed by atoms with E-state index in [-0.39, 0.29) is 6.42 Å². The van der Waals surface area contributed by atoms with Gasteiger partial charge in [-0.2, -0.15) is 0 Å². The Kier molecular flexibility index (Phi) is 11.3. The van der Waals surface area contributed by atoms with Crippen molar-refractivity contribution in [2.75, 3.05) is 0 Å². The summed E-state index contributed by atoms with van der Waals surface area (Å²) in [5.74, 6) is 0. The standard InChI is InChI=1S/C5H7F5I5/c1-2-3-4(11-6,12-7)5(13-8,14-9)15-10/h2-3H2,1H3/q-5. The molecule has 0 heterocycles. The van der Waals surface area contributed by atoms with Gasteiger partial charge in [0.05, 0.1) is 0 Å². The van der Waals surface area contributed by atoms with Gasteiger partial charge in [0.1, 0.15) is 0 Å². The third-order valence-corrected chi connectivity index (χ3v) is 24.2. The Morgan fingerprint density at radius 3 is 1.40 bits per heavy atom. The van der Waals surface area contributed by atoms with Crippen molar-refractivity contribution in [1.82, 2.24) is 0 Å². The van der Waals surface area contributed by atoms with Crippen LogP contribution >= 0.6 is 0 Å². The quantitative estimate of drug-likeness (QED) is 0.130. The Morgan fingerprint density at radius 1 is 0.800 bits per heavy atom. The van der Waals surface area contributed by atoms with Gasteiger partial charge in [-0.25, -0.2) is 0 Å². The summed E-state index contributed by atoms with van der Waals surface area (Å²) in [6.45, 7) is 1.71. The van der Waals surface area contributed by atoms with Gasteiger partial charge in [-0.1, -0.05) is 0 Å². The van der Waals surface area contributed by atoms with Crippen LogP contribution in [0.2, 0.25) is 0 Å². The van der Waals surface area contributed by atoms with E-state index in [0.29, 0.717) is 6.42 Å². The van der Waals surface area contributed by atoms with E-state index in [4.69, 9.17) is 0 Å². The molecule has 0 bridgehead atoms. The first kappa shape index (κ1) is 18.3. The monoisotopic (exact) mass is 797 g/mol. The van der Waals surface area contributed by atoms with Gasteiger partial charge < -0.3 is 0 Å². The topological polar surface area (TPSA) is 0 Å². The van der Waals surface area contributed by atoms with Crippen molar-refractivity contribution in [2.24, 2.45) is 0 Å². The summed E-state index contributed by atoms with van der Waals surface area (Å²) in [4.78, 5) is 0. The van der Waals surface area contributed by atoms with E-state index in [0.717, 1.165) is 0 Å². The first-order valence-electron chi connectivity index (χ1n) is 3.47. The van der Waals surface area contributed by atoms with Crippen LogP contribution in [0.4, 0.5) is 14.3 Å². The fraction of sp³-hybridized carbons (Fsp3) is 1.00. The maximum absolute atomic E-state index is 13.0. The molecule has 0 aromatic heterocycles. The SMILES string of the molecule is CCCC([I-]F)([I-]F)C([I-]F)([I-]F)[I-]F. The van der Waals surface area contributed by atoms with E-state index < -0.39 is 110 Å². The molecule has 0 aromatic rings. The van der Waals surface area contributed by atoms with E-state index in [1.54, 1.807) is 6.92 Å². The Bertz CT molecular complexity index is 165. The van der Waals surface area contributed by atoms with Crippen LogP contribution in [0.3, 0.4) is 0 Å². The van der Waals surface area contributed by atoms with Gasteiger partial charge in [0.2, 0.25) is 0 Å². The molecular weight excluding hydrogens is 790 g/mol. The average molecular weight is 797 g/mol. The van der Waals surface area contributed by atoms with Crippen molar-refractivity contribution in [1.29, 1.82) is 0 Å². The summed E-state index contributed by atoms with van der Waals surface area (Å²) in [6.07, 6.45) is 0.587. The van der Waals surface area contributed by atoms with Gasteiger partial charge >= 0.3 is 144 Å². The van der Waals surface area contributed by atoms with Gasteiger partial charge in [0, 0.05) is 0 Å². The molecule has 0 amide bonds. The van der Waals surface area contributed by atoms with Gasteiger partial charge in [0.25, 0.3) is 0 Å². The van der Waals surface area contributed by atoms with Crippen LogP contribution in [0.15, 0.2) is 0 Å². The van der Waals surface area contributed by atoms with E-state index in [1.807, 2.05) is 0 Å². The Labute approximate surface area is 141 Å². The van der Waals surface area contributed by atoms with Gasteiger partial charge in [-0.3, -0.25) is 0 Å². The maximum atomic E-state index is 13.0. The molecule has 0 aliphatic rings. The second-order valence-electron chi connectivity index (χ2n) is 2.31. The Hall–Kier alpha value is 3.30. The third kappa shape index (κ3) is 4.13. The molecule has 0 saturated heterocycles. The van der Waals surface area contributed by atoms with Crippen LogP contribution in [0.1, 0.15) is 19.8 Å². The van der Waals surface area contributed by atoms with Crippen molar-refractivity contribution in [2.45, 2.75) is 20.6 Å². The average Bonchev–Trinajstić information content (AvgIpc) is 2.30. The van der Waals surface area contributed by atoms with Gasteiger partial charge in [-0.05, 0) is 0 Å². The summed E-state index contributed by atoms with van der Waals surface area (Å²) < 4.78 is 61.5. The predicted octanol–water partition coefficient (Wildman–Crippen LogP) is -12.0. The van der Waals surface area contributed by atoms with E-state index in [2.05, 4.69) is 0 Å². The number of hydrogen-bond acceptors (Lipinski definition) is 0. The third-order valence-electron chi connectivity index (χ3n) is 1.47. The van der Waals surface area contributed by atoms with Gasteiger partial charge in [-0.15, -0.1) is 0 Å². The predicted molar refractivity (Wildman–Crippen MR) is 25.9 cm³/mol. The molecule has 0 aliphatic carbocycles. The molecular formula is C5H7F5I5-5. The molecule has 0 atom stereocenters. The zero-order valence-electron chi connectivity index (χ0n) is 7.19. The Morgan fingerprint density at radius 2 is 1.20 bits per heavy atom. The number of alkyl halides is 5. The van der Waals surface area contributed by atoms with Crippen LogP contribution in [0.25, 0.3) is 0 Å². The van der Waals surface area contributed by atoms with Gasteiger partial charge in [0.15, 0.2) is 0 Å². The molecule has 10 heteroatoms. The molecule has 0 fully saturated rings. The second kappa shape index (κ2) is 9.24. The summed E-state index contributed by atoms with van der Waals surface area (Å²) in [6, 6.07) is 0. The fourth-order valence-corrected chi connectivity index (χ4v) is 12.5. The summed E-state index contributed by atoms with van der Waals surface area (Å²) in [5.41, 5.74) is 0. The fourth-order valence-electron chi connectivity index (χ4n) is 0.806. The molecule has 0 unspecified atom stereocenters. The normalized spacial score (nSPS) is 14.5. The minimum absolute atomic E-state index is 0.123. The summed E-state index contributed by atoms with van der Waals surface area (Å²) in [5, 5.41) is 0. The first-order chi connectivity index (χ1) is 7.11. The van der Waals surface area contributed by atoms with Crippen molar-refractivity contribution in [3.8, 4) is 0 Å². The van der Waals surface area contributed by atoms with Crippen LogP contribution in [-0.2, 0) is 0 Å². The van der Waals surface area contributed by atoms with Crippen molar-refractivity contribution in [3.63, 3.8) is 0 Å². The zero-order chi connectivity index (χ0) is 11.9. The van der Waals surface area contributed by atoms with Crippen LogP contribution in [-0.4, -0.2) is 0.864 Å². The molecule has 0 saturated carbocycles. The van der Waals surface area contributed by atoms with Crippen molar-refractivity contribution < 1.29 is 123 Å². The molecule has 0 rings (SSSR count). The minimum atomic E-state index is -2.24. The van der Waals surface area contributed by atoms with E-state index >= 15 is 0 Å².